The predicted molar refractivity (Wildman–Crippen MR) is 63.3 cm³/mol. The number of aliphatic hydroxyl groups excluding tert-OH is 1. The molecule has 0 unspecified atom stereocenters. The van der Waals surface area contributed by atoms with Crippen LogP contribution in [0.4, 0.5) is 0 Å². The van der Waals surface area contributed by atoms with Crippen LogP contribution in [-0.2, 0) is 6.42 Å². The number of aliphatic hydroxyl groups is 1. The van der Waals surface area contributed by atoms with E-state index in [1.54, 1.807) is 0 Å². The zero-order valence-electron chi connectivity index (χ0n) is 8.70. The van der Waals surface area contributed by atoms with E-state index in [2.05, 4.69) is 22.0 Å². The summed E-state index contributed by atoms with van der Waals surface area (Å²) in [5, 5.41) is 9.66. The van der Waals surface area contributed by atoms with Gasteiger partial charge in [-0.3, -0.25) is 0 Å². The highest BCUT2D eigenvalue weighted by Gasteiger charge is 2.09. The maximum atomic E-state index is 9.66. The lowest BCUT2D eigenvalue weighted by atomic mass is 9.99. The molecule has 2 heteroatoms. The average Bonchev–Trinajstić information content (AvgIpc) is 2.16. The van der Waals surface area contributed by atoms with E-state index in [1.165, 1.54) is 5.56 Å². The Morgan fingerprint density at radius 1 is 1.29 bits per heavy atom. The molecule has 0 bridgehead atoms. The van der Waals surface area contributed by atoms with Gasteiger partial charge in [-0.15, -0.1) is 0 Å². The summed E-state index contributed by atoms with van der Waals surface area (Å²) in [7, 11) is 0. The van der Waals surface area contributed by atoms with Crippen LogP contribution in [0.1, 0.15) is 25.8 Å². The van der Waals surface area contributed by atoms with Crippen molar-refractivity contribution in [2.24, 2.45) is 5.92 Å². The van der Waals surface area contributed by atoms with Gasteiger partial charge in [0, 0.05) is 4.47 Å². The van der Waals surface area contributed by atoms with E-state index < -0.39 is 0 Å². The van der Waals surface area contributed by atoms with Crippen molar-refractivity contribution in [2.75, 3.05) is 0 Å². The minimum Gasteiger partial charge on any atom is -0.393 e. The van der Waals surface area contributed by atoms with Crippen molar-refractivity contribution < 1.29 is 5.11 Å². The predicted octanol–water partition coefficient (Wildman–Crippen LogP) is 3.40. The van der Waals surface area contributed by atoms with Crippen LogP contribution in [0.5, 0.6) is 0 Å². The molecule has 1 nitrogen and oxygen atoms in total. The zero-order valence-corrected chi connectivity index (χ0v) is 10.3. The molecule has 0 heterocycles. The highest BCUT2D eigenvalue weighted by atomic mass is 79.9. The van der Waals surface area contributed by atoms with Crippen LogP contribution >= 0.6 is 15.9 Å². The third-order valence-corrected chi connectivity index (χ3v) is 3.21. The van der Waals surface area contributed by atoms with E-state index in [0.29, 0.717) is 5.92 Å². The highest BCUT2D eigenvalue weighted by molar-refractivity contribution is 9.10. The van der Waals surface area contributed by atoms with Crippen LogP contribution in [0.15, 0.2) is 28.7 Å². The lowest BCUT2D eigenvalue weighted by Crippen LogP contribution is -2.15. The molecule has 14 heavy (non-hydrogen) atoms. The number of halogens is 1. The molecule has 1 N–H and O–H groups in total. The topological polar surface area (TPSA) is 20.2 Å². The Balaban J connectivity index is 2.50. The summed E-state index contributed by atoms with van der Waals surface area (Å²) in [6, 6.07) is 8.17. The van der Waals surface area contributed by atoms with Crippen molar-refractivity contribution in [1.29, 1.82) is 0 Å². The van der Waals surface area contributed by atoms with E-state index in [4.69, 9.17) is 0 Å². The molecule has 0 aliphatic rings. The lowest BCUT2D eigenvalue weighted by Gasteiger charge is -2.14. The number of hydrogen-bond acceptors (Lipinski definition) is 1. The molecule has 0 saturated heterocycles. The Kier molecular flexibility index (Phi) is 4.63. The molecule has 1 aromatic carbocycles. The normalized spacial score (nSPS) is 13.2. The van der Waals surface area contributed by atoms with Crippen molar-refractivity contribution in [1.82, 2.24) is 0 Å². The Bertz CT molecular complexity index is 283. The number of rotatable bonds is 4. The largest absolute Gasteiger partial charge is 0.393 e. The summed E-state index contributed by atoms with van der Waals surface area (Å²) >= 11 is 3.50. The number of hydrogen-bond donors (Lipinski definition) is 1. The maximum absolute atomic E-state index is 9.66. The molecule has 1 atom stereocenters. The zero-order chi connectivity index (χ0) is 10.6. The van der Waals surface area contributed by atoms with E-state index in [9.17, 15) is 5.11 Å². The van der Waals surface area contributed by atoms with Crippen molar-refractivity contribution >= 4 is 15.9 Å². The first-order chi connectivity index (χ1) is 6.61. The van der Waals surface area contributed by atoms with Gasteiger partial charge in [-0.25, -0.2) is 0 Å². The van der Waals surface area contributed by atoms with Crippen LogP contribution in [0.25, 0.3) is 0 Å². The molecule has 0 spiro atoms. The van der Waals surface area contributed by atoms with Gasteiger partial charge in [-0.1, -0.05) is 48.0 Å². The summed E-state index contributed by atoms with van der Waals surface area (Å²) in [5.74, 6) is 0.345. The smallest absolute Gasteiger partial charge is 0.0566 e. The fraction of sp³-hybridized carbons (Fsp3) is 0.500. The van der Waals surface area contributed by atoms with Crippen LogP contribution in [-0.4, -0.2) is 11.2 Å². The molecular weight excluding hydrogens is 240 g/mol. The molecule has 0 aliphatic carbocycles. The Morgan fingerprint density at radius 2 is 1.93 bits per heavy atom. The first-order valence-electron chi connectivity index (χ1n) is 5.02. The van der Waals surface area contributed by atoms with E-state index >= 15 is 0 Å². The van der Waals surface area contributed by atoms with Gasteiger partial charge in [0.05, 0.1) is 6.10 Å². The second-order valence-corrected chi connectivity index (χ2v) is 4.80. The Hall–Kier alpha value is -0.340. The fourth-order valence-corrected chi connectivity index (χ4v) is 1.82. The van der Waals surface area contributed by atoms with Gasteiger partial charge >= 0.3 is 0 Å². The molecule has 0 amide bonds. The highest BCUT2D eigenvalue weighted by Crippen LogP contribution is 2.19. The summed E-state index contributed by atoms with van der Waals surface area (Å²) in [6.07, 6.45) is 1.57. The standard InChI is InChI=1S/C12H17BrO/c1-9(2)12(14)8-7-10-5-3-4-6-11(10)13/h3-6,9,12,14H,7-8H2,1-2H3/t12-/m0/s1. The first kappa shape index (κ1) is 11.7. The molecule has 78 valence electrons. The van der Waals surface area contributed by atoms with E-state index in [0.717, 1.165) is 17.3 Å². The van der Waals surface area contributed by atoms with Gasteiger partial charge in [0.1, 0.15) is 0 Å². The van der Waals surface area contributed by atoms with Crippen LogP contribution < -0.4 is 0 Å². The Morgan fingerprint density at radius 3 is 2.50 bits per heavy atom. The van der Waals surface area contributed by atoms with Crippen molar-refractivity contribution in [3.63, 3.8) is 0 Å². The fourth-order valence-electron chi connectivity index (χ4n) is 1.34. The van der Waals surface area contributed by atoms with Crippen LogP contribution in [0, 0.1) is 5.92 Å². The van der Waals surface area contributed by atoms with E-state index in [-0.39, 0.29) is 6.10 Å². The van der Waals surface area contributed by atoms with Crippen molar-refractivity contribution in [3.8, 4) is 0 Å². The monoisotopic (exact) mass is 256 g/mol. The molecule has 0 radical (unpaired) electrons. The van der Waals surface area contributed by atoms with E-state index in [1.807, 2.05) is 32.0 Å². The van der Waals surface area contributed by atoms with Gasteiger partial charge < -0.3 is 5.11 Å². The average molecular weight is 257 g/mol. The van der Waals surface area contributed by atoms with Crippen LogP contribution in [0.2, 0.25) is 0 Å². The molecule has 0 fully saturated rings. The van der Waals surface area contributed by atoms with Gasteiger partial charge in [0.2, 0.25) is 0 Å². The van der Waals surface area contributed by atoms with Gasteiger partial charge in [-0.05, 0) is 30.4 Å². The minimum atomic E-state index is -0.192. The number of aryl methyl sites for hydroxylation is 1. The van der Waals surface area contributed by atoms with Gasteiger partial charge in [0.15, 0.2) is 0 Å². The molecule has 1 aromatic rings. The maximum Gasteiger partial charge on any atom is 0.0566 e. The second kappa shape index (κ2) is 5.52. The summed E-state index contributed by atoms with van der Waals surface area (Å²) < 4.78 is 1.14. The summed E-state index contributed by atoms with van der Waals surface area (Å²) in [4.78, 5) is 0. The Labute approximate surface area is 94.3 Å². The van der Waals surface area contributed by atoms with Crippen LogP contribution in [0.3, 0.4) is 0 Å². The molecule has 0 aliphatic heterocycles. The summed E-state index contributed by atoms with van der Waals surface area (Å²) in [6.45, 7) is 4.09. The van der Waals surface area contributed by atoms with Gasteiger partial charge in [0.25, 0.3) is 0 Å². The minimum absolute atomic E-state index is 0.192. The summed E-state index contributed by atoms with van der Waals surface area (Å²) in [5.41, 5.74) is 1.27. The van der Waals surface area contributed by atoms with Crippen molar-refractivity contribution in [2.45, 2.75) is 32.8 Å². The van der Waals surface area contributed by atoms with Gasteiger partial charge in [-0.2, -0.15) is 0 Å². The molecule has 0 saturated carbocycles. The molecule has 0 aromatic heterocycles. The first-order valence-corrected chi connectivity index (χ1v) is 5.82. The SMILES string of the molecule is CC(C)[C@@H](O)CCc1ccccc1Br. The lowest BCUT2D eigenvalue weighted by molar-refractivity contribution is 0.116. The number of benzene rings is 1. The molecular formula is C12H17BrO. The quantitative estimate of drug-likeness (QED) is 0.876. The third-order valence-electron chi connectivity index (χ3n) is 2.44. The van der Waals surface area contributed by atoms with Crippen molar-refractivity contribution in [3.05, 3.63) is 34.3 Å². The third kappa shape index (κ3) is 3.43. The second-order valence-electron chi connectivity index (χ2n) is 3.94. The molecule has 1 rings (SSSR count).